The highest BCUT2D eigenvalue weighted by Crippen LogP contribution is 2.43. The molecule has 1 atom stereocenters. The van der Waals surface area contributed by atoms with Gasteiger partial charge in [-0.1, -0.05) is 6.07 Å². The molecule has 4 aromatic rings. The molecule has 4 aromatic heterocycles. The number of aromatic nitrogens is 7. The summed E-state index contributed by atoms with van der Waals surface area (Å²) in [5, 5.41) is 14.3. The van der Waals surface area contributed by atoms with Crippen molar-refractivity contribution in [2.24, 2.45) is 0 Å². The fraction of sp³-hybridized carbons (Fsp3) is 0.429. The molecule has 1 saturated heterocycles. The number of carbonyl (C=O) groups is 1. The molecule has 2 fully saturated rings. The van der Waals surface area contributed by atoms with Gasteiger partial charge in [0, 0.05) is 36.5 Å². The van der Waals surface area contributed by atoms with E-state index in [-0.39, 0.29) is 17.9 Å². The van der Waals surface area contributed by atoms with Crippen LogP contribution >= 0.6 is 0 Å². The van der Waals surface area contributed by atoms with Crippen molar-refractivity contribution in [3.8, 4) is 5.82 Å². The standard InChI is InChI=1S/C28H32FN9O2/c1-17-12-23(33-24-13-18(2)35-36-24)34-26(32-17)20-6-8-28(9-7-20)27(39)37(10-11-40-28)19(3)21-4-5-25(30-14-21)38-16-22(29)15-31-38/h4-5,12-16,19-20H,6-11H2,1-3H3,(H2,32,33,34,35,36)/t19-,20-,28-/m1/s1. The first-order valence-electron chi connectivity index (χ1n) is 13.6. The third-order valence-corrected chi connectivity index (χ3v) is 7.87. The van der Waals surface area contributed by atoms with E-state index in [1.165, 1.54) is 10.9 Å². The quantitative estimate of drug-likeness (QED) is 0.367. The second kappa shape index (κ2) is 10.4. The van der Waals surface area contributed by atoms with Crippen LogP contribution in [0, 0.1) is 19.7 Å². The number of halogens is 1. The molecule has 6 rings (SSSR count). The van der Waals surface area contributed by atoms with Crippen molar-refractivity contribution in [3.05, 3.63) is 71.4 Å². The van der Waals surface area contributed by atoms with Crippen molar-refractivity contribution < 1.29 is 13.9 Å². The van der Waals surface area contributed by atoms with Gasteiger partial charge in [0.2, 0.25) is 0 Å². The van der Waals surface area contributed by atoms with E-state index in [0.717, 1.165) is 47.6 Å². The maximum absolute atomic E-state index is 13.8. The summed E-state index contributed by atoms with van der Waals surface area (Å²) in [6.45, 7) is 6.88. The summed E-state index contributed by atoms with van der Waals surface area (Å²) in [5.74, 6) is 2.53. The van der Waals surface area contributed by atoms with E-state index in [1.54, 1.807) is 12.3 Å². The zero-order chi connectivity index (χ0) is 27.9. The second-order valence-corrected chi connectivity index (χ2v) is 10.6. The summed E-state index contributed by atoms with van der Waals surface area (Å²) in [6.07, 6.45) is 6.88. The number of pyridine rings is 1. The zero-order valence-electron chi connectivity index (χ0n) is 22.8. The molecule has 1 spiro atoms. The van der Waals surface area contributed by atoms with Crippen LogP contribution in [0.4, 0.5) is 16.0 Å². The van der Waals surface area contributed by atoms with Crippen molar-refractivity contribution in [1.82, 2.24) is 39.8 Å². The molecular weight excluding hydrogens is 513 g/mol. The van der Waals surface area contributed by atoms with Crippen molar-refractivity contribution in [3.63, 3.8) is 0 Å². The predicted molar refractivity (Wildman–Crippen MR) is 145 cm³/mol. The fourth-order valence-electron chi connectivity index (χ4n) is 5.68. The molecule has 1 saturated carbocycles. The SMILES string of the molecule is Cc1cc(Nc2cc(C)nc([C@H]3CC[C@@]4(CC3)OCCN([C@H](C)c3ccc(-n5cc(F)cn5)nc3)C4=O)n2)[nH]n1. The predicted octanol–water partition coefficient (Wildman–Crippen LogP) is 4.30. The van der Waals surface area contributed by atoms with E-state index < -0.39 is 11.4 Å². The Morgan fingerprint density at radius 1 is 1.15 bits per heavy atom. The van der Waals surface area contributed by atoms with Crippen LogP contribution < -0.4 is 5.32 Å². The molecule has 0 radical (unpaired) electrons. The number of hydrogen-bond donors (Lipinski definition) is 2. The van der Waals surface area contributed by atoms with Gasteiger partial charge in [0.1, 0.15) is 23.1 Å². The van der Waals surface area contributed by atoms with Crippen LogP contribution in [-0.2, 0) is 9.53 Å². The number of ether oxygens (including phenoxy) is 1. The van der Waals surface area contributed by atoms with Gasteiger partial charge >= 0.3 is 0 Å². The monoisotopic (exact) mass is 545 g/mol. The van der Waals surface area contributed by atoms with E-state index in [9.17, 15) is 9.18 Å². The normalized spacial score (nSPS) is 22.1. The molecule has 11 nitrogen and oxygen atoms in total. The molecule has 40 heavy (non-hydrogen) atoms. The van der Waals surface area contributed by atoms with Crippen molar-refractivity contribution in [2.45, 2.75) is 64.0 Å². The number of H-pyrrole nitrogens is 1. The largest absolute Gasteiger partial charge is 0.363 e. The number of aromatic amines is 1. The number of carbonyl (C=O) groups excluding carboxylic acids is 1. The molecule has 0 unspecified atom stereocenters. The second-order valence-electron chi connectivity index (χ2n) is 10.6. The average Bonchev–Trinajstić information content (AvgIpc) is 3.57. The van der Waals surface area contributed by atoms with E-state index in [0.29, 0.717) is 37.6 Å². The van der Waals surface area contributed by atoms with Gasteiger partial charge in [-0.05, 0) is 58.1 Å². The number of amides is 1. The van der Waals surface area contributed by atoms with Crippen molar-refractivity contribution >= 4 is 17.5 Å². The summed E-state index contributed by atoms with van der Waals surface area (Å²) >= 11 is 0. The Bertz CT molecular complexity index is 1510. The van der Waals surface area contributed by atoms with Crippen LogP contribution in [-0.4, -0.2) is 64.5 Å². The molecular formula is C28H32FN9O2. The maximum atomic E-state index is 13.8. The Hall–Kier alpha value is -4.19. The molecule has 5 heterocycles. The van der Waals surface area contributed by atoms with Gasteiger partial charge in [0.15, 0.2) is 11.6 Å². The number of aryl methyl sites for hydroxylation is 2. The van der Waals surface area contributed by atoms with Gasteiger partial charge in [-0.25, -0.2) is 24.0 Å². The van der Waals surface area contributed by atoms with Gasteiger partial charge in [-0.2, -0.15) is 10.2 Å². The van der Waals surface area contributed by atoms with Crippen molar-refractivity contribution in [2.75, 3.05) is 18.5 Å². The number of nitrogens with one attached hydrogen (secondary N) is 2. The molecule has 1 aliphatic carbocycles. The Morgan fingerprint density at radius 3 is 2.65 bits per heavy atom. The van der Waals surface area contributed by atoms with E-state index in [2.05, 4.69) is 25.6 Å². The van der Waals surface area contributed by atoms with E-state index in [1.807, 2.05) is 43.9 Å². The molecule has 1 aliphatic heterocycles. The van der Waals surface area contributed by atoms with Gasteiger partial charge in [0.05, 0.1) is 30.7 Å². The van der Waals surface area contributed by atoms with E-state index in [4.69, 9.17) is 14.7 Å². The molecule has 0 aromatic carbocycles. The summed E-state index contributed by atoms with van der Waals surface area (Å²) < 4.78 is 20.9. The highest BCUT2D eigenvalue weighted by Gasteiger charge is 2.49. The Morgan fingerprint density at radius 2 is 1.98 bits per heavy atom. The number of rotatable bonds is 6. The van der Waals surface area contributed by atoms with Crippen LogP contribution in [0.1, 0.15) is 67.3 Å². The minimum Gasteiger partial charge on any atom is -0.363 e. The first-order valence-corrected chi connectivity index (χ1v) is 13.6. The lowest BCUT2D eigenvalue weighted by Gasteiger charge is -2.46. The third kappa shape index (κ3) is 5.06. The Kier molecular flexibility index (Phi) is 6.78. The van der Waals surface area contributed by atoms with Crippen LogP contribution in [0.5, 0.6) is 0 Å². The summed E-state index contributed by atoms with van der Waals surface area (Å²) in [5.41, 5.74) is 1.84. The maximum Gasteiger partial charge on any atom is 0.255 e. The molecule has 12 heteroatoms. The lowest BCUT2D eigenvalue weighted by atomic mass is 9.76. The average molecular weight is 546 g/mol. The topological polar surface area (TPSA) is 127 Å². The summed E-state index contributed by atoms with van der Waals surface area (Å²) in [6, 6.07) is 7.34. The zero-order valence-corrected chi connectivity index (χ0v) is 22.8. The van der Waals surface area contributed by atoms with Gasteiger partial charge < -0.3 is 15.0 Å². The smallest absolute Gasteiger partial charge is 0.255 e. The first kappa shape index (κ1) is 26.1. The molecule has 2 aliphatic rings. The molecule has 2 N–H and O–H groups in total. The number of nitrogens with zero attached hydrogens (tertiary/aromatic N) is 7. The Balaban J connectivity index is 1.13. The first-order chi connectivity index (χ1) is 19.3. The Labute approximate surface area is 231 Å². The highest BCUT2D eigenvalue weighted by atomic mass is 19.1. The third-order valence-electron chi connectivity index (χ3n) is 7.87. The molecule has 1 amide bonds. The highest BCUT2D eigenvalue weighted by molar-refractivity contribution is 5.86. The van der Waals surface area contributed by atoms with Crippen LogP contribution in [0.3, 0.4) is 0 Å². The minimum absolute atomic E-state index is 0.0186. The van der Waals surface area contributed by atoms with Gasteiger partial charge in [0.25, 0.3) is 5.91 Å². The van der Waals surface area contributed by atoms with Crippen LogP contribution in [0.2, 0.25) is 0 Å². The number of morpholine rings is 1. The summed E-state index contributed by atoms with van der Waals surface area (Å²) in [7, 11) is 0. The lowest BCUT2D eigenvalue weighted by molar-refractivity contribution is -0.181. The minimum atomic E-state index is -0.832. The van der Waals surface area contributed by atoms with E-state index >= 15 is 0 Å². The van der Waals surface area contributed by atoms with Crippen LogP contribution in [0.15, 0.2) is 42.9 Å². The molecule has 208 valence electrons. The van der Waals surface area contributed by atoms with Gasteiger partial charge in [-0.15, -0.1) is 0 Å². The fourth-order valence-corrected chi connectivity index (χ4v) is 5.68. The van der Waals surface area contributed by atoms with Crippen molar-refractivity contribution in [1.29, 1.82) is 0 Å². The molecule has 0 bridgehead atoms. The number of anilines is 2. The van der Waals surface area contributed by atoms with Crippen LogP contribution in [0.25, 0.3) is 5.82 Å². The number of hydrogen-bond acceptors (Lipinski definition) is 8. The van der Waals surface area contributed by atoms with Gasteiger partial charge in [-0.3, -0.25) is 9.89 Å². The summed E-state index contributed by atoms with van der Waals surface area (Å²) in [4.78, 5) is 29.7. The lowest BCUT2D eigenvalue weighted by Crippen LogP contribution is -2.58.